The van der Waals surface area contributed by atoms with Gasteiger partial charge in [-0.15, -0.1) is 0 Å². The van der Waals surface area contributed by atoms with E-state index in [9.17, 15) is 9.59 Å². The number of methoxy groups -OCH3 is 1. The summed E-state index contributed by atoms with van der Waals surface area (Å²) in [7, 11) is 1.66. The Balaban J connectivity index is 1.78. The van der Waals surface area contributed by atoms with Gasteiger partial charge in [-0.25, -0.2) is 9.59 Å². The third kappa shape index (κ3) is 12.7. The van der Waals surface area contributed by atoms with Gasteiger partial charge in [0.1, 0.15) is 6.10 Å². The van der Waals surface area contributed by atoms with Gasteiger partial charge in [-0.2, -0.15) is 0 Å². The van der Waals surface area contributed by atoms with Gasteiger partial charge in [0.05, 0.1) is 20.3 Å². The fourth-order valence-electron chi connectivity index (χ4n) is 4.84. The first-order chi connectivity index (χ1) is 18.6. The van der Waals surface area contributed by atoms with E-state index >= 15 is 0 Å². The monoisotopic (exact) mass is 528 g/mol. The van der Waals surface area contributed by atoms with Crippen molar-refractivity contribution in [2.45, 2.75) is 103 Å². The van der Waals surface area contributed by atoms with E-state index < -0.39 is 0 Å². The normalized spacial score (nSPS) is 15.0. The summed E-state index contributed by atoms with van der Waals surface area (Å²) in [6.45, 7) is 4.80. The number of rotatable bonds is 18. The smallest absolute Gasteiger partial charge is 0.330 e. The third-order valence-electron chi connectivity index (χ3n) is 6.98. The van der Waals surface area contributed by atoms with Crippen molar-refractivity contribution in [2.75, 3.05) is 20.3 Å². The van der Waals surface area contributed by atoms with Crippen molar-refractivity contribution in [3.05, 3.63) is 42.0 Å². The molecule has 1 aliphatic rings. The fraction of sp³-hybridized carbons (Fsp3) is 0.625. The zero-order valence-corrected chi connectivity index (χ0v) is 23.8. The molecule has 0 N–H and O–H groups in total. The summed E-state index contributed by atoms with van der Waals surface area (Å²) >= 11 is 0. The van der Waals surface area contributed by atoms with E-state index in [0.717, 1.165) is 43.4 Å². The number of carbonyl (C=O) groups excluding carboxylic acids is 2. The van der Waals surface area contributed by atoms with Crippen LogP contribution in [0.5, 0.6) is 11.5 Å². The summed E-state index contributed by atoms with van der Waals surface area (Å²) in [5.41, 5.74) is 0.860. The first kappa shape index (κ1) is 31.5. The van der Waals surface area contributed by atoms with Crippen LogP contribution in [0, 0.1) is 5.92 Å². The molecule has 1 aliphatic carbocycles. The Morgan fingerprint density at radius 2 is 1.58 bits per heavy atom. The van der Waals surface area contributed by atoms with E-state index in [4.69, 9.17) is 18.9 Å². The largest absolute Gasteiger partial charge is 0.493 e. The summed E-state index contributed by atoms with van der Waals surface area (Å²) in [6, 6.07) is 5.82. The van der Waals surface area contributed by atoms with Crippen LogP contribution in [0.4, 0.5) is 0 Å². The van der Waals surface area contributed by atoms with Gasteiger partial charge in [0.2, 0.25) is 0 Å². The minimum atomic E-state index is -0.363. The van der Waals surface area contributed by atoms with Crippen LogP contribution in [0.25, 0.3) is 6.08 Å². The zero-order chi connectivity index (χ0) is 27.4. The Labute approximate surface area is 229 Å². The Kier molecular flexibility index (Phi) is 16.0. The van der Waals surface area contributed by atoms with Gasteiger partial charge >= 0.3 is 11.9 Å². The molecule has 1 aromatic carbocycles. The van der Waals surface area contributed by atoms with Gasteiger partial charge < -0.3 is 18.9 Å². The van der Waals surface area contributed by atoms with Gasteiger partial charge in [-0.1, -0.05) is 51.2 Å². The topological polar surface area (TPSA) is 71.1 Å². The molecular formula is C32H48O6. The van der Waals surface area contributed by atoms with E-state index in [0.29, 0.717) is 24.9 Å². The van der Waals surface area contributed by atoms with Gasteiger partial charge in [0, 0.05) is 12.2 Å². The van der Waals surface area contributed by atoms with Crippen molar-refractivity contribution >= 4 is 18.0 Å². The highest BCUT2D eigenvalue weighted by Crippen LogP contribution is 2.35. The lowest BCUT2D eigenvalue weighted by Crippen LogP contribution is -2.29. The van der Waals surface area contributed by atoms with Crippen LogP contribution in [0.15, 0.2) is 36.4 Å². The third-order valence-corrected chi connectivity index (χ3v) is 6.98. The highest BCUT2D eigenvalue weighted by atomic mass is 16.5. The molecule has 0 bridgehead atoms. The van der Waals surface area contributed by atoms with Crippen molar-refractivity contribution in [2.24, 2.45) is 5.92 Å². The molecule has 0 heterocycles. The Bertz CT molecular complexity index is 869. The van der Waals surface area contributed by atoms with E-state index in [1.54, 1.807) is 26.2 Å². The maximum atomic E-state index is 12.1. The number of carbonyl (C=O) groups is 2. The molecule has 38 heavy (non-hydrogen) atoms. The van der Waals surface area contributed by atoms with Crippen molar-refractivity contribution in [3.63, 3.8) is 0 Å². The number of esters is 2. The molecule has 0 aromatic heterocycles. The molecule has 1 unspecified atom stereocenters. The molecule has 1 aromatic rings. The van der Waals surface area contributed by atoms with Crippen molar-refractivity contribution in [3.8, 4) is 11.5 Å². The van der Waals surface area contributed by atoms with E-state index in [2.05, 4.69) is 6.92 Å². The quantitative estimate of drug-likeness (QED) is 0.110. The summed E-state index contributed by atoms with van der Waals surface area (Å²) in [6.07, 6.45) is 21.0. The molecule has 0 spiro atoms. The summed E-state index contributed by atoms with van der Waals surface area (Å²) < 4.78 is 22.6. The van der Waals surface area contributed by atoms with Crippen LogP contribution in [-0.2, 0) is 19.1 Å². The SMILES string of the molecule is CC=CC(=O)OCCCCCCOC(=O)C=Cc1ccc(OC(CCCCC)C2CCCCC2)c(OC)c1. The molecule has 0 aliphatic heterocycles. The highest BCUT2D eigenvalue weighted by Gasteiger charge is 2.26. The van der Waals surface area contributed by atoms with Crippen LogP contribution < -0.4 is 9.47 Å². The lowest BCUT2D eigenvalue weighted by atomic mass is 9.83. The molecule has 1 saturated carbocycles. The standard InChI is InChI=1S/C32H48O6/c1-4-6-10-18-28(27-16-11-9-12-17-27)38-29-21-19-26(25-30(29)35-3)20-22-32(34)37-24-14-8-7-13-23-36-31(33)15-5-2/h5,15,19-22,25,27-28H,4,6-14,16-18,23-24H2,1-3H3. The van der Waals surface area contributed by atoms with Crippen molar-refractivity contribution < 1.29 is 28.5 Å². The Morgan fingerprint density at radius 3 is 2.21 bits per heavy atom. The maximum absolute atomic E-state index is 12.1. The second kappa shape index (κ2) is 19.3. The Morgan fingerprint density at radius 1 is 0.895 bits per heavy atom. The van der Waals surface area contributed by atoms with Crippen molar-refractivity contribution in [1.82, 2.24) is 0 Å². The predicted octanol–water partition coefficient (Wildman–Crippen LogP) is 7.84. The molecule has 6 heteroatoms. The first-order valence-electron chi connectivity index (χ1n) is 14.6. The van der Waals surface area contributed by atoms with Gasteiger partial charge in [-0.3, -0.25) is 0 Å². The second-order valence-electron chi connectivity index (χ2n) is 10.0. The molecule has 212 valence electrons. The van der Waals surface area contributed by atoms with Gasteiger partial charge in [-0.05, 0) is 88.0 Å². The second-order valence-corrected chi connectivity index (χ2v) is 10.0. The minimum Gasteiger partial charge on any atom is -0.493 e. The number of unbranched alkanes of at least 4 members (excludes halogenated alkanes) is 5. The molecule has 2 rings (SSSR count). The fourth-order valence-corrected chi connectivity index (χ4v) is 4.84. The number of allylic oxidation sites excluding steroid dienone is 1. The zero-order valence-electron chi connectivity index (χ0n) is 23.8. The average molecular weight is 529 g/mol. The summed E-state index contributed by atoms with van der Waals surface area (Å²) in [5, 5.41) is 0. The van der Waals surface area contributed by atoms with E-state index in [1.807, 2.05) is 18.2 Å². The average Bonchev–Trinajstić information content (AvgIpc) is 2.94. The molecule has 0 amide bonds. The summed E-state index contributed by atoms with van der Waals surface area (Å²) in [5.74, 6) is 1.40. The van der Waals surface area contributed by atoms with Gasteiger partial charge in [0.25, 0.3) is 0 Å². The number of ether oxygens (including phenoxy) is 4. The molecule has 0 radical (unpaired) electrons. The Hall–Kier alpha value is -2.76. The lowest BCUT2D eigenvalue weighted by molar-refractivity contribution is -0.139. The summed E-state index contributed by atoms with van der Waals surface area (Å²) in [4.78, 5) is 23.4. The maximum Gasteiger partial charge on any atom is 0.330 e. The minimum absolute atomic E-state index is 0.223. The van der Waals surface area contributed by atoms with Crippen LogP contribution in [-0.4, -0.2) is 38.4 Å². The number of hydrogen-bond donors (Lipinski definition) is 0. The molecule has 0 saturated heterocycles. The van der Waals surface area contributed by atoms with Crippen LogP contribution >= 0.6 is 0 Å². The lowest BCUT2D eigenvalue weighted by Gasteiger charge is -2.31. The number of benzene rings is 1. The predicted molar refractivity (Wildman–Crippen MR) is 152 cm³/mol. The van der Waals surface area contributed by atoms with Crippen LogP contribution in [0.3, 0.4) is 0 Å². The van der Waals surface area contributed by atoms with Gasteiger partial charge in [0.15, 0.2) is 11.5 Å². The van der Waals surface area contributed by atoms with Crippen molar-refractivity contribution in [1.29, 1.82) is 0 Å². The van der Waals surface area contributed by atoms with Crippen LogP contribution in [0.1, 0.15) is 103 Å². The first-order valence-corrected chi connectivity index (χ1v) is 14.6. The molecule has 6 nitrogen and oxygen atoms in total. The molecular weight excluding hydrogens is 480 g/mol. The highest BCUT2D eigenvalue weighted by molar-refractivity contribution is 5.87. The molecule has 1 atom stereocenters. The van der Waals surface area contributed by atoms with E-state index in [-0.39, 0.29) is 18.0 Å². The molecule has 1 fully saturated rings. The van der Waals surface area contributed by atoms with Crippen LogP contribution in [0.2, 0.25) is 0 Å². The van der Waals surface area contributed by atoms with E-state index in [1.165, 1.54) is 63.5 Å². The number of hydrogen-bond acceptors (Lipinski definition) is 6.